The van der Waals surface area contributed by atoms with Crippen LogP contribution in [0.15, 0.2) is 80.0 Å². The number of fused-ring (bicyclic) bond motifs is 8. The Balaban J connectivity index is 1.54. The molecule has 0 fully saturated rings. The molecular formula is C28H18N6O6S2. The second-order valence-corrected chi connectivity index (χ2v) is 13.7. The number of imidazole rings is 2. The van der Waals surface area contributed by atoms with Gasteiger partial charge in [0.2, 0.25) is 20.0 Å². The molecule has 0 aliphatic heterocycles. The fourth-order valence-corrected chi connectivity index (χ4v) is 7.42. The van der Waals surface area contributed by atoms with E-state index in [-0.39, 0.29) is 9.79 Å². The molecule has 4 heterocycles. The highest BCUT2D eigenvalue weighted by atomic mass is 32.2. The summed E-state index contributed by atoms with van der Waals surface area (Å²) in [5.74, 6) is 0. The summed E-state index contributed by atoms with van der Waals surface area (Å²) in [4.78, 5) is 37.2. The van der Waals surface area contributed by atoms with Gasteiger partial charge in [0.15, 0.2) is 0 Å². The molecule has 42 heavy (non-hydrogen) atoms. The minimum atomic E-state index is -3.76. The fourth-order valence-electron chi connectivity index (χ4n) is 5.92. The van der Waals surface area contributed by atoms with Crippen LogP contribution < -0.4 is 20.6 Å². The monoisotopic (exact) mass is 598 g/mol. The van der Waals surface area contributed by atoms with Gasteiger partial charge in [0, 0.05) is 32.3 Å². The maximum absolute atomic E-state index is 13.9. The topological polar surface area (TPSA) is 161 Å². The molecule has 0 saturated carbocycles. The van der Waals surface area contributed by atoms with Gasteiger partial charge in [-0.3, -0.25) is 18.4 Å². The van der Waals surface area contributed by atoms with Gasteiger partial charge in [-0.05, 0) is 74.8 Å². The normalized spacial score (nSPS) is 13.3. The van der Waals surface area contributed by atoms with Crippen LogP contribution in [-0.2, 0) is 20.0 Å². The molecule has 0 saturated heterocycles. The molecule has 12 nitrogen and oxygen atoms in total. The summed E-state index contributed by atoms with van der Waals surface area (Å²) in [5.41, 5.74) is 1.42. The van der Waals surface area contributed by atoms with Crippen molar-refractivity contribution in [1.29, 1.82) is 0 Å². The van der Waals surface area contributed by atoms with Gasteiger partial charge >= 0.3 is 0 Å². The first kappa shape index (κ1) is 25.0. The number of hydrogen-bond donors (Lipinski definition) is 2. The van der Waals surface area contributed by atoms with Gasteiger partial charge in [-0.15, -0.1) is 0 Å². The predicted molar refractivity (Wildman–Crippen MR) is 159 cm³/mol. The average molecular weight is 599 g/mol. The third kappa shape index (κ3) is 3.01. The summed E-state index contributed by atoms with van der Waals surface area (Å²) in [7, 11) is -4.91. The van der Waals surface area contributed by atoms with Crippen LogP contribution in [0.25, 0.3) is 65.7 Å². The Morgan fingerprint density at radius 3 is 1.33 bits per heavy atom. The number of rotatable bonds is 4. The molecule has 8 aromatic rings. The summed E-state index contributed by atoms with van der Waals surface area (Å²) >= 11 is 0. The van der Waals surface area contributed by atoms with E-state index in [1.807, 2.05) is 0 Å². The molecular weight excluding hydrogens is 580 g/mol. The van der Waals surface area contributed by atoms with Crippen molar-refractivity contribution >= 4 is 85.7 Å². The molecule has 14 heteroatoms. The van der Waals surface area contributed by atoms with E-state index in [9.17, 15) is 26.4 Å². The minimum absolute atomic E-state index is 0.000724. The van der Waals surface area contributed by atoms with Crippen LogP contribution in [0.1, 0.15) is 0 Å². The second-order valence-electron chi connectivity index (χ2n) is 9.94. The molecule has 0 spiro atoms. The average Bonchev–Trinajstić information content (AvgIpc) is 3.57. The summed E-state index contributed by atoms with van der Waals surface area (Å²) < 4.78 is 57.2. The van der Waals surface area contributed by atoms with Crippen molar-refractivity contribution < 1.29 is 16.8 Å². The fraction of sp³-hybridized carbons (Fsp3) is 0.0714. The Morgan fingerprint density at radius 2 is 0.952 bits per heavy atom. The smallest absolute Gasteiger partial charge is 0.264 e. The number of pyridine rings is 2. The Morgan fingerprint density at radius 1 is 0.571 bits per heavy atom. The van der Waals surface area contributed by atoms with E-state index < -0.39 is 31.2 Å². The van der Waals surface area contributed by atoms with Crippen LogP contribution in [0.2, 0.25) is 0 Å². The van der Waals surface area contributed by atoms with E-state index in [4.69, 9.17) is 0 Å². The van der Waals surface area contributed by atoms with E-state index in [0.717, 1.165) is 0 Å². The van der Waals surface area contributed by atoms with Crippen LogP contribution in [0.3, 0.4) is 0 Å². The predicted octanol–water partition coefficient (Wildman–Crippen LogP) is 2.16. The van der Waals surface area contributed by atoms with E-state index in [1.165, 1.54) is 47.2 Å². The van der Waals surface area contributed by atoms with Crippen molar-refractivity contribution in [3.8, 4) is 0 Å². The van der Waals surface area contributed by atoms with Crippen molar-refractivity contribution in [3.63, 3.8) is 0 Å². The van der Waals surface area contributed by atoms with Gasteiger partial charge in [-0.2, -0.15) is 0 Å². The van der Waals surface area contributed by atoms with Crippen molar-refractivity contribution in [1.82, 2.24) is 28.2 Å². The molecule has 4 aromatic heterocycles. The maximum atomic E-state index is 13.9. The van der Waals surface area contributed by atoms with E-state index in [2.05, 4.69) is 19.4 Å². The second kappa shape index (κ2) is 7.95. The summed E-state index contributed by atoms with van der Waals surface area (Å²) in [6.07, 6.45) is 0. The number of sulfonamides is 2. The van der Waals surface area contributed by atoms with Crippen LogP contribution >= 0.6 is 0 Å². The van der Waals surface area contributed by atoms with Crippen molar-refractivity contribution in [2.75, 3.05) is 14.1 Å². The Kier molecular flexibility index (Phi) is 4.73. The molecule has 8 rings (SSSR count). The lowest BCUT2D eigenvalue weighted by molar-refractivity contribution is 0.586. The van der Waals surface area contributed by atoms with Crippen molar-refractivity contribution in [2.24, 2.45) is 0 Å². The third-order valence-electron chi connectivity index (χ3n) is 7.92. The van der Waals surface area contributed by atoms with Crippen LogP contribution in [0.4, 0.5) is 0 Å². The largest absolute Gasteiger partial charge is 0.268 e. The lowest BCUT2D eigenvalue weighted by atomic mass is 9.96. The summed E-state index contributed by atoms with van der Waals surface area (Å²) in [6, 6.07) is 15.6. The van der Waals surface area contributed by atoms with Gasteiger partial charge < -0.3 is 0 Å². The lowest BCUT2D eigenvalue weighted by Crippen LogP contribution is -2.19. The van der Waals surface area contributed by atoms with E-state index >= 15 is 0 Å². The summed E-state index contributed by atoms with van der Waals surface area (Å²) in [6.45, 7) is 0. The van der Waals surface area contributed by atoms with E-state index in [1.54, 1.807) is 36.4 Å². The molecule has 0 bridgehead atoms. The lowest BCUT2D eigenvalue weighted by Gasteiger charge is -2.12. The molecule has 0 radical (unpaired) electrons. The molecule has 208 valence electrons. The Hall–Kier alpha value is -4.76. The molecule has 2 N–H and O–H groups in total. The van der Waals surface area contributed by atoms with Crippen molar-refractivity contribution in [3.05, 3.63) is 81.4 Å². The highest BCUT2D eigenvalue weighted by Gasteiger charge is 2.24. The molecule has 0 amide bonds. The SMILES string of the molecule is CNS(=O)(=O)c1ccc2nc3c4ccc5c(=O)n6c7cc(S(=O)(=O)NC)ccc7nc6c6ccc(c(=O)n3c2c1)c4c56. The quantitative estimate of drug-likeness (QED) is 0.292. The van der Waals surface area contributed by atoms with Gasteiger partial charge in [-0.25, -0.2) is 36.2 Å². The van der Waals surface area contributed by atoms with Crippen LogP contribution in [0.5, 0.6) is 0 Å². The van der Waals surface area contributed by atoms with E-state index in [0.29, 0.717) is 65.7 Å². The first-order valence-corrected chi connectivity index (χ1v) is 15.6. The van der Waals surface area contributed by atoms with Crippen LogP contribution in [0, 0.1) is 0 Å². The first-order valence-electron chi connectivity index (χ1n) is 12.7. The number of nitrogens with zero attached hydrogens (tertiary/aromatic N) is 4. The zero-order chi connectivity index (χ0) is 29.3. The van der Waals surface area contributed by atoms with Gasteiger partial charge in [0.25, 0.3) is 11.1 Å². The molecule has 4 aromatic carbocycles. The number of nitrogens with one attached hydrogen (secondary N) is 2. The first-order chi connectivity index (χ1) is 20.1. The molecule has 0 unspecified atom stereocenters. The van der Waals surface area contributed by atoms with Crippen LogP contribution in [-0.4, -0.2) is 49.7 Å². The molecule has 0 aliphatic rings. The number of aromatic nitrogens is 4. The standard InChI is InChI=1S/C28H18N6O6S2/c1-29-41(37,38)13-3-9-19-21(11-13)33-25(31-19)15-5-8-18-24-16(6-7-17(23(15)24)27(33)35)26-32-20-10-4-14(42(39,40)30-2)12-22(20)34(26)28(18)36/h3-12,29-30H,1-2H3. The van der Waals surface area contributed by atoms with Gasteiger partial charge in [0.05, 0.1) is 31.9 Å². The minimum Gasteiger partial charge on any atom is -0.268 e. The zero-order valence-electron chi connectivity index (χ0n) is 21.8. The van der Waals surface area contributed by atoms with Gasteiger partial charge in [-0.1, -0.05) is 0 Å². The molecule has 0 aliphatic carbocycles. The van der Waals surface area contributed by atoms with Crippen molar-refractivity contribution in [2.45, 2.75) is 9.79 Å². The van der Waals surface area contributed by atoms with Gasteiger partial charge in [0.1, 0.15) is 11.3 Å². The highest BCUT2D eigenvalue weighted by Crippen LogP contribution is 2.37. The number of benzene rings is 4. The maximum Gasteiger partial charge on any atom is 0.264 e. The number of hydrogen-bond acceptors (Lipinski definition) is 8. The third-order valence-corrected chi connectivity index (χ3v) is 10.7. The molecule has 0 atom stereocenters. The zero-order valence-corrected chi connectivity index (χ0v) is 23.5. The highest BCUT2D eigenvalue weighted by molar-refractivity contribution is 7.89. The Labute approximate surface area is 235 Å². The summed E-state index contributed by atoms with van der Waals surface area (Å²) in [5, 5.41) is 2.98. The Bertz CT molecular complexity index is 2650.